The monoisotopic (exact) mass is 333 g/mol. The third kappa shape index (κ3) is 3.13. The van der Waals surface area contributed by atoms with E-state index < -0.39 is 11.7 Å². The normalized spacial score (nSPS) is 10.5. The van der Waals surface area contributed by atoms with Crippen LogP contribution in [0.1, 0.15) is 10.4 Å². The van der Waals surface area contributed by atoms with E-state index in [1.54, 1.807) is 6.07 Å². The highest BCUT2D eigenvalue weighted by molar-refractivity contribution is 7.18. The van der Waals surface area contributed by atoms with Gasteiger partial charge in [0.2, 0.25) is 5.13 Å². The molecule has 0 spiro atoms. The van der Waals surface area contributed by atoms with Crippen molar-refractivity contribution in [2.45, 2.75) is 0 Å². The molecule has 110 valence electrons. The molecular weight excluding hydrogens is 325 g/mol. The molecular formula is C15H9ClFN3OS. The predicted molar refractivity (Wildman–Crippen MR) is 84.7 cm³/mol. The summed E-state index contributed by atoms with van der Waals surface area (Å²) in [5.74, 6) is -0.914. The molecule has 0 aliphatic heterocycles. The van der Waals surface area contributed by atoms with Crippen LogP contribution >= 0.6 is 22.9 Å². The Labute approximate surface area is 134 Å². The summed E-state index contributed by atoms with van der Waals surface area (Å²) in [5, 5.41) is 12.0. The minimum Gasteiger partial charge on any atom is -0.296 e. The summed E-state index contributed by atoms with van der Waals surface area (Å²) in [5.41, 5.74) is 0.961. The zero-order valence-corrected chi connectivity index (χ0v) is 12.7. The highest BCUT2D eigenvalue weighted by Gasteiger charge is 2.13. The van der Waals surface area contributed by atoms with Crippen LogP contribution in [0.25, 0.3) is 10.6 Å². The number of nitrogens with zero attached hydrogens (tertiary/aromatic N) is 2. The molecule has 7 heteroatoms. The lowest BCUT2D eigenvalue weighted by molar-refractivity contribution is 0.102. The van der Waals surface area contributed by atoms with Gasteiger partial charge < -0.3 is 0 Å². The second-order valence-corrected chi connectivity index (χ2v) is 5.74. The summed E-state index contributed by atoms with van der Waals surface area (Å²) in [6.07, 6.45) is 0. The number of anilines is 1. The van der Waals surface area contributed by atoms with Crippen molar-refractivity contribution in [3.05, 3.63) is 64.9 Å². The lowest BCUT2D eigenvalue weighted by Gasteiger charge is -2.00. The molecule has 0 aliphatic rings. The van der Waals surface area contributed by atoms with Crippen LogP contribution in [0.3, 0.4) is 0 Å². The number of halogens is 2. The Kier molecular flexibility index (Phi) is 4.13. The van der Waals surface area contributed by atoms with Crippen LogP contribution in [0.4, 0.5) is 9.52 Å². The van der Waals surface area contributed by atoms with Gasteiger partial charge in [0.05, 0.1) is 5.02 Å². The first-order valence-corrected chi connectivity index (χ1v) is 7.48. The van der Waals surface area contributed by atoms with Gasteiger partial charge in [0.15, 0.2) is 5.01 Å². The van der Waals surface area contributed by atoms with E-state index in [9.17, 15) is 9.18 Å². The van der Waals surface area contributed by atoms with Crippen molar-refractivity contribution < 1.29 is 9.18 Å². The Morgan fingerprint density at radius 3 is 2.73 bits per heavy atom. The molecule has 3 aromatic rings. The zero-order valence-electron chi connectivity index (χ0n) is 11.1. The number of carbonyl (C=O) groups is 1. The van der Waals surface area contributed by atoms with Gasteiger partial charge in [-0.25, -0.2) is 4.39 Å². The van der Waals surface area contributed by atoms with Gasteiger partial charge >= 0.3 is 0 Å². The van der Waals surface area contributed by atoms with Crippen molar-refractivity contribution in [2.24, 2.45) is 0 Å². The SMILES string of the molecule is O=C(Nc1nnc(-c2ccccc2Cl)s1)c1cccc(F)c1. The topological polar surface area (TPSA) is 54.9 Å². The van der Waals surface area contributed by atoms with Crippen molar-refractivity contribution in [1.29, 1.82) is 0 Å². The van der Waals surface area contributed by atoms with Crippen molar-refractivity contribution in [3.63, 3.8) is 0 Å². The van der Waals surface area contributed by atoms with Crippen LogP contribution in [0, 0.1) is 5.82 Å². The van der Waals surface area contributed by atoms with E-state index in [0.717, 1.165) is 11.6 Å². The van der Waals surface area contributed by atoms with Crippen LogP contribution in [0.5, 0.6) is 0 Å². The van der Waals surface area contributed by atoms with Crippen LogP contribution in [0.15, 0.2) is 48.5 Å². The van der Waals surface area contributed by atoms with E-state index in [1.807, 2.05) is 18.2 Å². The first-order valence-electron chi connectivity index (χ1n) is 6.29. The van der Waals surface area contributed by atoms with Crippen LogP contribution in [-0.4, -0.2) is 16.1 Å². The molecule has 0 aliphatic carbocycles. The fraction of sp³-hybridized carbons (Fsp3) is 0. The first-order chi connectivity index (χ1) is 10.6. The third-order valence-electron chi connectivity index (χ3n) is 2.84. The van der Waals surface area contributed by atoms with E-state index in [-0.39, 0.29) is 5.56 Å². The smallest absolute Gasteiger partial charge is 0.257 e. The molecule has 22 heavy (non-hydrogen) atoms. The number of aromatic nitrogens is 2. The van der Waals surface area contributed by atoms with E-state index in [0.29, 0.717) is 15.2 Å². The summed E-state index contributed by atoms with van der Waals surface area (Å²) in [6, 6.07) is 12.7. The van der Waals surface area contributed by atoms with E-state index in [4.69, 9.17) is 11.6 Å². The Hall–Kier alpha value is -2.31. The second-order valence-electron chi connectivity index (χ2n) is 4.36. The van der Waals surface area contributed by atoms with Crippen molar-refractivity contribution in [2.75, 3.05) is 5.32 Å². The van der Waals surface area contributed by atoms with Gasteiger partial charge in [0.1, 0.15) is 5.82 Å². The second kappa shape index (κ2) is 6.21. The number of benzene rings is 2. The maximum atomic E-state index is 13.1. The maximum Gasteiger partial charge on any atom is 0.257 e. The van der Waals surface area contributed by atoms with Gasteiger partial charge in [-0.05, 0) is 24.3 Å². The molecule has 1 N–H and O–H groups in total. The average Bonchev–Trinajstić information content (AvgIpc) is 2.96. The third-order valence-corrected chi connectivity index (χ3v) is 4.04. The minimum atomic E-state index is -0.471. The molecule has 0 saturated carbocycles. The molecule has 0 bridgehead atoms. The lowest BCUT2D eigenvalue weighted by atomic mass is 10.2. The highest BCUT2D eigenvalue weighted by Crippen LogP contribution is 2.31. The van der Waals surface area contributed by atoms with Gasteiger partial charge in [-0.3, -0.25) is 10.1 Å². The Bertz CT molecular complexity index is 837. The van der Waals surface area contributed by atoms with Gasteiger partial charge in [0.25, 0.3) is 5.91 Å². The van der Waals surface area contributed by atoms with Crippen LogP contribution in [0.2, 0.25) is 5.02 Å². The van der Waals surface area contributed by atoms with E-state index >= 15 is 0 Å². The first kappa shape index (κ1) is 14.6. The number of rotatable bonds is 3. The average molecular weight is 334 g/mol. The number of hydrogen-bond acceptors (Lipinski definition) is 4. The molecule has 4 nitrogen and oxygen atoms in total. The quantitative estimate of drug-likeness (QED) is 0.779. The van der Waals surface area contributed by atoms with Crippen LogP contribution in [-0.2, 0) is 0 Å². The van der Waals surface area contributed by atoms with Gasteiger partial charge in [-0.2, -0.15) is 0 Å². The van der Waals surface area contributed by atoms with Crippen molar-refractivity contribution >= 4 is 34.0 Å². The number of amides is 1. The van der Waals surface area contributed by atoms with Gasteiger partial charge in [-0.1, -0.05) is 47.2 Å². The summed E-state index contributed by atoms with van der Waals surface area (Å²) < 4.78 is 13.1. The van der Waals surface area contributed by atoms with Gasteiger partial charge in [-0.15, -0.1) is 10.2 Å². The van der Waals surface area contributed by atoms with Crippen molar-refractivity contribution in [1.82, 2.24) is 10.2 Å². The summed E-state index contributed by atoms with van der Waals surface area (Å²) in [4.78, 5) is 12.0. The number of carbonyl (C=O) groups excluding carboxylic acids is 1. The lowest BCUT2D eigenvalue weighted by Crippen LogP contribution is -2.11. The largest absolute Gasteiger partial charge is 0.296 e. The summed E-state index contributed by atoms with van der Waals surface area (Å²) in [7, 11) is 0. The molecule has 0 radical (unpaired) electrons. The molecule has 0 unspecified atom stereocenters. The molecule has 1 amide bonds. The number of nitrogens with one attached hydrogen (secondary N) is 1. The number of hydrogen-bond donors (Lipinski definition) is 1. The zero-order chi connectivity index (χ0) is 15.5. The van der Waals surface area contributed by atoms with E-state index in [1.165, 1.54) is 29.5 Å². The highest BCUT2D eigenvalue weighted by atomic mass is 35.5. The standard InChI is InChI=1S/C15H9ClFN3OS/c16-12-7-2-1-6-11(12)14-19-20-15(22-14)18-13(21)9-4-3-5-10(17)8-9/h1-8H,(H,18,20,21). The van der Waals surface area contributed by atoms with Crippen LogP contribution < -0.4 is 5.32 Å². The Morgan fingerprint density at radius 1 is 1.14 bits per heavy atom. The summed E-state index contributed by atoms with van der Waals surface area (Å²) >= 11 is 7.29. The fourth-order valence-electron chi connectivity index (χ4n) is 1.82. The molecule has 0 saturated heterocycles. The Balaban J connectivity index is 1.80. The molecule has 0 atom stereocenters. The Morgan fingerprint density at radius 2 is 1.95 bits per heavy atom. The van der Waals surface area contributed by atoms with Gasteiger partial charge in [0, 0.05) is 11.1 Å². The summed E-state index contributed by atoms with van der Waals surface area (Å²) in [6.45, 7) is 0. The predicted octanol–water partition coefficient (Wildman–Crippen LogP) is 4.25. The van der Waals surface area contributed by atoms with E-state index in [2.05, 4.69) is 15.5 Å². The molecule has 1 aromatic heterocycles. The molecule has 2 aromatic carbocycles. The molecule has 1 heterocycles. The maximum absolute atomic E-state index is 13.1. The molecule has 0 fully saturated rings. The minimum absolute atomic E-state index is 0.217. The fourth-order valence-corrected chi connectivity index (χ4v) is 2.88. The van der Waals surface area contributed by atoms with Crippen molar-refractivity contribution in [3.8, 4) is 10.6 Å². The molecule has 3 rings (SSSR count).